The standard InChI is InChI=1S/C10H10N2O2/c1-13-8-4-2-7(3-5-8)9-6-12-10(11)14-9/h2-6H,1H3,(H2,11,12). The van der Waals surface area contributed by atoms with E-state index in [9.17, 15) is 0 Å². The number of nitrogens with zero attached hydrogens (tertiary/aromatic N) is 1. The number of anilines is 1. The van der Waals surface area contributed by atoms with Gasteiger partial charge in [0.15, 0.2) is 5.76 Å². The van der Waals surface area contributed by atoms with Gasteiger partial charge in [-0.1, -0.05) is 0 Å². The Labute approximate surface area is 81.3 Å². The molecule has 0 fully saturated rings. The van der Waals surface area contributed by atoms with Gasteiger partial charge in [0.2, 0.25) is 0 Å². The van der Waals surface area contributed by atoms with Crippen molar-refractivity contribution in [3.05, 3.63) is 30.5 Å². The number of ether oxygens (including phenoxy) is 1. The average Bonchev–Trinajstić information content (AvgIpc) is 2.65. The van der Waals surface area contributed by atoms with Gasteiger partial charge in [-0.25, -0.2) is 4.98 Å². The highest BCUT2D eigenvalue weighted by molar-refractivity contribution is 5.58. The molecule has 0 aliphatic heterocycles. The Morgan fingerprint density at radius 2 is 2.00 bits per heavy atom. The van der Waals surface area contributed by atoms with E-state index in [1.165, 1.54) is 0 Å². The molecular weight excluding hydrogens is 180 g/mol. The SMILES string of the molecule is COc1ccc(-c2cnc(N)o2)cc1. The molecule has 14 heavy (non-hydrogen) atoms. The number of nitrogens with two attached hydrogens (primary N) is 1. The molecule has 1 heterocycles. The molecule has 0 amide bonds. The monoisotopic (exact) mass is 190 g/mol. The summed E-state index contributed by atoms with van der Waals surface area (Å²) in [6.07, 6.45) is 1.59. The van der Waals surface area contributed by atoms with E-state index in [2.05, 4.69) is 4.98 Å². The maximum atomic E-state index is 5.37. The number of aromatic nitrogens is 1. The van der Waals surface area contributed by atoms with Crippen molar-refractivity contribution in [2.24, 2.45) is 0 Å². The Balaban J connectivity index is 2.33. The summed E-state index contributed by atoms with van der Waals surface area (Å²) < 4.78 is 10.2. The van der Waals surface area contributed by atoms with Crippen LogP contribution < -0.4 is 10.5 Å². The predicted molar refractivity (Wildman–Crippen MR) is 52.9 cm³/mol. The highest BCUT2D eigenvalue weighted by Gasteiger charge is 2.03. The van der Waals surface area contributed by atoms with Gasteiger partial charge in [0.25, 0.3) is 6.01 Å². The van der Waals surface area contributed by atoms with Crippen molar-refractivity contribution >= 4 is 6.01 Å². The first-order valence-corrected chi connectivity index (χ1v) is 4.15. The van der Waals surface area contributed by atoms with E-state index in [0.29, 0.717) is 5.76 Å². The van der Waals surface area contributed by atoms with Crippen LogP contribution in [0.4, 0.5) is 6.01 Å². The first kappa shape index (κ1) is 8.62. The summed E-state index contributed by atoms with van der Waals surface area (Å²) >= 11 is 0. The number of oxazole rings is 1. The van der Waals surface area contributed by atoms with Crippen LogP contribution in [0.25, 0.3) is 11.3 Å². The van der Waals surface area contributed by atoms with E-state index in [4.69, 9.17) is 14.9 Å². The van der Waals surface area contributed by atoms with Gasteiger partial charge in [-0.15, -0.1) is 0 Å². The van der Waals surface area contributed by atoms with E-state index in [1.807, 2.05) is 24.3 Å². The molecule has 0 aliphatic carbocycles. The third-order valence-corrected chi connectivity index (χ3v) is 1.90. The second-order valence-electron chi connectivity index (χ2n) is 2.79. The minimum Gasteiger partial charge on any atom is -0.497 e. The number of hydrogen-bond acceptors (Lipinski definition) is 4. The molecule has 4 heteroatoms. The average molecular weight is 190 g/mol. The molecule has 2 N–H and O–H groups in total. The Morgan fingerprint density at radius 3 is 2.50 bits per heavy atom. The van der Waals surface area contributed by atoms with Gasteiger partial charge in [-0.05, 0) is 24.3 Å². The summed E-state index contributed by atoms with van der Waals surface area (Å²) in [6.45, 7) is 0. The smallest absolute Gasteiger partial charge is 0.292 e. The maximum absolute atomic E-state index is 5.37. The van der Waals surface area contributed by atoms with Crippen LogP contribution in [0.15, 0.2) is 34.9 Å². The van der Waals surface area contributed by atoms with Gasteiger partial charge in [-0.2, -0.15) is 0 Å². The third-order valence-electron chi connectivity index (χ3n) is 1.90. The van der Waals surface area contributed by atoms with E-state index in [1.54, 1.807) is 13.3 Å². The third kappa shape index (κ3) is 1.54. The minimum atomic E-state index is 0.177. The van der Waals surface area contributed by atoms with Gasteiger partial charge in [-0.3, -0.25) is 0 Å². The van der Waals surface area contributed by atoms with Crippen molar-refractivity contribution in [3.63, 3.8) is 0 Å². The van der Waals surface area contributed by atoms with Crippen LogP contribution in [0.5, 0.6) is 5.75 Å². The van der Waals surface area contributed by atoms with Crippen LogP contribution in [0.2, 0.25) is 0 Å². The first-order valence-electron chi connectivity index (χ1n) is 4.15. The molecular formula is C10H10N2O2. The molecule has 0 bridgehead atoms. The number of rotatable bonds is 2. The summed E-state index contributed by atoms with van der Waals surface area (Å²) in [5, 5.41) is 0. The van der Waals surface area contributed by atoms with Crippen molar-refractivity contribution in [2.75, 3.05) is 12.8 Å². The number of hydrogen-bond donors (Lipinski definition) is 1. The summed E-state index contributed by atoms with van der Waals surface area (Å²) in [5.74, 6) is 1.46. The van der Waals surface area contributed by atoms with Gasteiger partial charge >= 0.3 is 0 Å². The first-order chi connectivity index (χ1) is 6.79. The van der Waals surface area contributed by atoms with Crippen molar-refractivity contribution < 1.29 is 9.15 Å². The largest absolute Gasteiger partial charge is 0.497 e. The van der Waals surface area contributed by atoms with Crippen LogP contribution in [0.1, 0.15) is 0 Å². The fourth-order valence-corrected chi connectivity index (χ4v) is 1.18. The molecule has 0 saturated heterocycles. The molecule has 72 valence electrons. The van der Waals surface area contributed by atoms with Gasteiger partial charge in [0.1, 0.15) is 5.75 Å². The summed E-state index contributed by atoms with van der Waals surface area (Å²) in [6, 6.07) is 7.66. The topological polar surface area (TPSA) is 61.3 Å². The fraction of sp³-hybridized carbons (Fsp3) is 0.100. The molecule has 0 unspecified atom stereocenters. The van der Waals surface area contributed by atoms with Crippen molar-refractivity contribution in [1.82, 2.24) is 4.98 Å². The lowest BCUT2D eigenvalue weighted by Crippen LogP contribution is -1.81. The quantitative estimate of drug-likeness (QED) is 0.786. The number of methoxy groups -OCH3 is 1. The lowest BCUT2D eigenvalue weighted by Gasteiger charge is -1.99. The Kier molecular flexibility index (Phi) is 2.10. The van der Waals surface area contributed by atoms with Crippen molar-refractivity contribution in [1.29, 1.82) is 0 Å². The molecule has 0 saturated carbocycles. The molecule has 1 aromatic heterocycles. The molecule has 0 atom stereocenters. The summed E-state index contributed by atoms with van der Waals surface area (Å²) in [4.78, 5) is 3.82. The van der Waals surface area contributed by atoms with Crippen LogP contribution in [0, 0.1) is 0 Å². The highest BCUT2D eigenvalue weighted by Crippen LogP contribution is 2.23. The lowest BCUT2D eigenvalue weighted by atomic mass is 10.2. The van der Waals surface area contributed by atoms with Crippen molar-refractivity contribution in [2.45, 2.75) is 0 Å². The lowest BCUT2D eigenvalue weighted by molar-refractivity contribution is 0.415. The molecule has 2 aromatic rings. The summed E-state index contributed by atoms with van der Waals surface area (Å²) in [7, 11) is 1.63. The molecule has 2 rings (SSSR count). The van der Waals surface area contributed by atoms with Gasteiger partial charge in [0.05, 0.1) is 13.3 Å². The fourth-order valence-electron chi connectivity index (χ4n) is 1.18. The Bertz CT molecular complexity index is 420. The number of benzene rings is 1. The minimum absolute atomic E-state index is 0.177. The highest BCUT2D eigenvalue weighted by atomic mass is 16.5. The second kappa shape index (κ2) is 3.41. The molecule has 0 spiro atoms. The van der Waals surface area contributed by atoms with Crippen LogP contribution >= 0.6 is 0 Å². The molecule has 4 nitrogen and oxygen atoms in total. The maximum Gasteiger partial charge on any atom is 0.292 e. The van der Waals surface area contributed by atoms with Crippen molar-refractivity contribution in [3.8, 4) is 17.1 Å². The Hall–Kier alpha value is -1.97. The Morgan fingerprint density at radius 1 is 1.29 bits per heavy atom. The van der Waals surface area contributed by atoms with Gasteiger partial charge in [0, 0.05) is 5.56 Å². The van der Waals surface area contributed by atoms with E-state index < -0.39 is 0 Å². The van der Waals surface area contributed by atoms with Crippen LogP contribution in [-0.2, 0) is 0 Å². The zero-order valence-electron chi connectivity index (χ0n) is 7.73. The van der Waals surface area contributed by atoms with E-state index >= 15 is 0 Å². The zero-order chi connectivity index (χ0) is 9.97. The van der Waals surface area contributed by atoms with Crippen LogP contribution in [-0.4, -0.2) is 12.1 Å². The van der Waals surface area contributed by atoms with Crippen LogP contribution in [0.3, 0.4) is 0 Å². The normalized spacial score (nSPS) is 10.1. The number of nitrogen functional groups attached to an aromatic ring is 1. The molecule has 1 aromatic carbocycles. The second-order valence-corrected chi connectivity index (χ2v) is 2.79. The predicted octanol–water partition coefficient (Wildman–Crippen LogP) is 1.93. The molecule has 0 radical (unpaired) electrons. The zero-order valence-corrected chi connectivity index (χ0v) is 7.73. The van der Waals surface area contributed by atoms with E-state index in [0.717, 1.165) is 11.3 Å². The molecule has 0 aliphatic rings. The van der Waals surface area contributed by atoms with E-state index in [-0.39, 0.29) is 6.01 Å². The van der Waals surface area contributed by atoms with Gasteiger partial charge < -0.3 is 14.9 Å². The summed E-state index contributed by atoms with van der Waals surface area (Å²) in [5.41, 5.74) is 6.30.